The summed E-state index contributed by atoms with van der Waals surface area (Å²) in [6, 6.07) is 8.95. The lowest BCUT2D eigenvalue weighted by Crippen LogP contribution is -2.24. The van der Waals surface area contributed by atoms with Gasteiger partial charge < -0.3 is 5.32 Å². The minimum absolute atomic E-state index is 0.00156. The molecule has 1 aliphatic carbocycles. The maximum Gasteiger partial charge on any atom is 0.295 e. The van der Waals surface area contributed by atoms with E-state index >= 15 is 0 Å². The van der Waals surface area contributed by atoms with Crippen LogP contribution in [-0.2, 0) is 11.0 Å². The van der Waals surface area contributed by atoms with Crippen molar-refractivity contribution in [2.45, 2.75) is 24.5 Å². The lowest BCUT2D eigenvalue weighted by Gasteiger charge is -2.22. The minimum atomic E-state index is -2.72. The highest BCUT2D eigenvalue weighted by atomic mass is 127. The fourth-order valence-electron chi connectivity index (χ4n) is 2.95. The molecule has 2 heterocycles. The van der Waals surface area contributed by atoms with E-state index in [1.807, 2.05) is 46.3 Å². The van der Waals surface area contributed by atoms with Crippen LogP contribution in [0.2, 0.25) is 5.15 Å². The van der Waals surface area contributed by atoms with Crippen molar-refractivity contribution in [2.24, 2.45) is 0 Å². The molecule has 0 aliphatic heterocycles. The van der Waals surface area contributed by atoms with Gasteiger partial charge in [0.05, 0.1) is 28.7 Å². The summed E-state index contributed by atoms with van der Waals surface area (Å²) in [7, 11) is 0.655. The standard InChI is InChI=1S/C17H16ClF2IN5OPS/c1-25(29(27)9-6-7-9)12-5-3-2-4-10(12)22-11-8-13(18)23-16-14(11)24-17(15(19)20)26(16)28-21/h2-5,8-9,15,28H,6-7H2,1H3,(H,22,23). The molecule has 3 aromatic rings. The number of hydrogen-bond acceptors (Lipinski definition) is 4. The Morgan fingerprint density at radius 2 is 2.07 bits per heavy atom. The zero-order valence-corrected chi connectivity index (χ0v) is 19.8. The average Bonchev–Trinajstić information content (AvgIpc) is 3.47. The van der Waals surface area contributed by atoms with Crippen LogP contribution < -0.4 is 9.62 Å². The van der Waals surface area contributed by atoms with E-state index < -0.39 is 17.4 Å². The van der Waals surface area contributed by atoms with Gasteiger partial charge in [0, 0.05) is 13.1 Å². The van der Waals surface area contributed by atoms with Gasteiger partial charge >= 0.3 is 0 Å². The van der Waals surface area contributed by atoms with Gasteiger partial charge in [0.25, 0.3) is 6.43 Å². The molecule has 1 aromatic carbocycles. The predicted molar refractivity (Wildman–Crippen MR) is 125 cm³/mol. The molecular formula is C17H16ClF2IN5OPS. The number of anilines is 3. The first-order chi connectivity index (χ1) is 13.9. The summed E-state index contributed by atoms with van der Waals surface area (Å²) in [5, 5.41) is 3.59. The fraction of sp³-hybridized carbons (Fsp3) is 0.294. The number of benzene rings is 1. The van der Waals surface area contributed by atoms with Gasteiger partial charge in [-0.25, -0.2) is 23.0 Å². The summed E-state index contributed by atoms with van der Waals surface area (Å²) >= 11 is 8.18. The van der Waals surface area contributed by atoms with Gasteiger partial charge in [-0.05, 0) is 47.0 Å². The lowest BCUT2D eigenvalue weighted by molar-refractivity contribution is 0.140. The van der Waals surface area contributed by atoms with Crippen molar-refractivity contribution < 1.29 is 13.0 Å². The number of alkyl halides is 2. The zero-order chi connectivity index (χ0) is 20.7. The lowest BCUT2D eigenvalue weighted by atomic mass is 10.2. The van der Waals surface area contributed by atoms with Crippen LogP contribution in [0.3, 0.4) is 0 Å². The van der Waals surface area contributed by atoms with Crippen molar-refractivity contribution in [2.75, 3.05) is 16.7 Å². The van der Waals surface area contributed by atoms with E-state index in [1.165, 1.54) is 4.34 Å². The van der Waals surface area contributed by atoms with Crippen LogP contribution in [0.4, 0.5) is 25.8 Å². The highest BCUT2D eigenvalue weighted by Gasteiger charge is 2.32. The van der Waals surface area contributed by atoms with Crippen LogP contribution in [0, 0.1) is 0 Å². The molecule has 29 heavy (non-hydrogen) atoms. The molecule has 12 heteroatoms. The maximum atomic E-state index is 13.4. The molecule has 1 saturated carbocycles. The molecule has 0 saturated heterocycles. The van der Waals surface area contributed by atoms with E-state index in [0.29, 0.717) is 22.5 Å². The number of pyridine rings is 1. The molecular weight excluding hydrogens is 554 g/mol. The first kappa shape index (κ1) is 21.1. The van der Waals surface area contributed by atoms with Crippen LogP contribution in [0.15, 0.2) is 30.3 Å². The van der Waals surface area contributed by atoms with Crippen molar-refractivity contribution in [1.29, 1.82) is 0 Å². The number of nitrogens with one attached hydrogen (secondary N) is 1. The quantitative estimate of drug-likeness (QED) is 0.221. The second kappa shape index (κ2) is 8.56. The number of hydrogen-bond donors (Lipinski definition) is 1. The number of fused-ring (bicyclic) bond motifs is 1. The van der Waals surface area contributed by atoms with Crippen molar-refractivity contribution in [3.8, 4) is 0 Å². The van der Waals surface area contributed by atoms with Crippen LogP contribution in [0.25, 0.3) is 11.2 Å². The van der Waals surface area contributed by atoms with E-state index in [2.05, 4.69) is 15.3 Å². The molecule has 1 N–H and O–H groups in total. The number of imidazole rings is 1. The van der Waals surface area contributed by atoms with Crippen LogP contribution in [-0.4, -0.2) is 30.8 Å². The molecule has 0 bridgehead atoms. The van der Waals surface area contributed by atoms with Gasteiger partial charge in [0.1, 0.15) is 21.7 Å². The van der Waals surface area contributed by atoms with Crippen molar-refractivity contribution in [3.63, 3.8) is 0 Å². The Labute approximate surface area is 188 Å². The van der Waals surface area contributed by atoms with Crippen LogP contribution >= 0.6 is 40.0 Å². The average molecular weight is 570 g/mol. The SMILES string of the molecule is CN(c1ccccc1Nc1cc(Cl)nc2c1nc(C(F)F)n2PI)S(=O)C1CC1. The molecule has 0 amide bonds. The van der Waals surface area contributed by atoms with Crippen LogP contribution in [0.1, 0.15) is 25.1 Å². The fourth-order valence-corrected chi connectivity index (χ4v) is 6.37. The highest BCUT2D eigenvalue weighted by Crippen LogP contribution is 2.39. The van der Waals surface area contributed by atoms with Gasteiger partial charge in [0.2, 0.25) is 0 Å². The summed E-state index contributed by atoms with van der Waals surface area (Å²) in [4.78, 5) is 8.33. The predicted octanol–water partition coefficient (Wildman–Crippen LogP) is 5.82. The first-order valence-electron chi connectivity index (χ1n) is 8.65. The molecule has 2 atom stereocenters. The molecule has 0 spiro atoms. The Balaban J connectivity index is 1.78. The van der Waals surface area contributed by atoms with Crippen molar-refractivity contribution in [3.05, 3.63) is 41.3 Å². The van der Waals surface area contributed by atoms with E-state index in [1.54, 1.807) is 17.4 Å². The Kier molecular flexibility index (Phi) is 6.24. The normalized spacial score (nSPS) is 15.5. The number of aromatic nitrogens is 3. The third-order valence-electron chi connectivity index (χ3n) is 4.48. The largest absolute Gasteiger partial charge is 0.352 e. The van der Waals surface area contributed by atoms with Crippen molar-refractivity contribution >= 4 is 79.2 Å². The number of halogens is 4. The van der Waals surface area contributed by atoms with E-state index in [0.717, 1.165) is 18.5 Å². The first-order valence-corrected chi connectivity index (χ1v) is 14.3. The third-order valence-corrected chi connectivity index (χ3v) is 8.51. The molecule has 1 fully saturated rings. The number of rotatable bonds is 7. The maximum absolute atomic E-state index is 13.4. The second-order valence-corrected chi connectivity index (χ2v) is 10.7. The highest BCUT2D eigenvalue weighted by molar-refractivity contribution is 14.2. The molecule has 6 nitrogen and oxygen atoms in total. The summed E-state index contributed by atoms with van der Waals surface area (Å²) in [6.45, 7) is 0. The van der Waals surface area contributed by atoms with E-state index in [-0.39, 0.29) is 22.6 Å². The minimum Gasteiger partial charge on any atom is -0.352 e. The topological polar surface area (TPSA) is 63.0 Å². The van der Waals surface area contributed by atoms with Gasteiger partial charge in [-0.2, -0.15) is 0 Å². The molecule has 0 radical (unpaired) electrons. The Morgan fingerprint density at radius 3 is 2.72 bits per heavy atom. The molecule has 2 aromatic heterocycles. The van der Waals surface area contributed by atoms with Gasteiger partial charge in [-0.3, -0.25) is 8.64 Å². The summed E-state index contributed by atoms with van der Waals surface area (Å²) in [5.74, 6) is -0.342. The Hall–Kier alpha value is -1.10. The Bertz CT molecular complexity index is 1100. The van der Waals surface area contributed by atoms with Crippen LogP contribution in [0.5, 0.6) is 0 Å². The summed E-state index contributed by atoms with van der Waals surface area (Å²) in [5.41, 5.74) is 2.50. The monoisotopic (exact) mass is 569 g/mol. The van der Waals surface area contributed by atoms with E-state index in [9.17, 15) is 13.0 Å². The summed E-state index contributed by atoms with van der Waals surface area (Å²) in [6.07, 6.45) is -0.810. The van der Waals surface area contributed by atoms with Gasteiger partial charge in [-0.15, -0.1) is 0 Å². The zero-order valence-electron chi connectivity index (χ0n) is 15.1. The third kappa shape index (κ3) is 4.22. The van der Waals surface area contributed by atoms with Gasteiger partial charge in [0.15, 0.2) is 11.5 Å². The molecule has 154 valence electrons. The number of para-hydroxylation sites is 2. The molecule has 2 unspecified atom stereocenters. The van der Waals surface area contributed by atoms with Crippen molar-refractivity contribution in [1.82, 2.24) is 14.3 Å². The molecule has 4 rings (SSSR count). The summed E-state index contributed by atoms with van der Waals surface area (Å²) < 4.78 is 42.6. The Morgan fingerprint density at radius 1 is 1.34 bits per heavy atom. The second-order valence-electron chi connectivity index (χ2n) is 6.47. The van der Waals surface area contributed by atoms with E-state index in [4.69, 9.17) is 11.6 Å². The number of nitrogens with zero attached hydrogens (tertiary/aromatic N) is 4. The molecule has 1 aliphatic rings. The van der Waals surface area contributed by atoms with Gasteiger partial charge in [-0.1, -0.05) is 23.7 Å². The smallest absolute Gasteiger partial charge is 0.295 e.